The molecule has 3 nitrogen and oxygen atoms in total. The van der Waals surface area contributed by atoms with E-state index in [0.29, 0.717) is 0 Å². The zero-order valence-corrected chi connectivity index (χ0v) is 9.15. The summed E-state index contributed by atoms with van der Waals surface area (Å²) in [5.74, 6) is 0.983. The Kier molecular flexibility index (Phi) is 3.81. The molecular weight excluding hydrogens is 208 g/mol. The highest BCUT2D eigenvalue weighted by Crippen LogP contribution is 2.15. The third kappa shape index (κ3) is 2.74. The molecule has 1 rings (SSSR count). The fraction of sp³-hybridized carbons (Fsp3) is 0.500. The van der Waals surface area contributed by atoms with E-state index in [4.69, 9.17) is 11.6 Å². The fourth-order valence-electron chi connectivity index (χ4n) is 0.837. The number of hydrogen-bond donors (Lipinski definition) is 0. The van der Waals surface area contributed by atoms with E-state index in [1.165, 1.54) is 6.07 Å². The van der Waals surface area contributed by atoms with Crippen LogP contribution in [0.5, 0.6) is 0 Å². The summed E-state index contributed by atoms with van der Waals surface area (Å²) >= 11 is 7.18. The van der Waals surface area contributed by atoms with Crippen LogP contribution < -0.4 is 5.43 Å². The molecule has 5 heteroatoms. The van der Waals surface area contributed by atoms with Gasteiger partial charge in [-0.2, -0.15) is 5.10 Å². The summed E-state index contributed by atoms with van der Waals surface area (Å²) in [6, 6.07) is 1.52. The molecule has 0 fully saturated rings. The summed E-state index contributed by atoms with van der Waals surface area (Å²) in [5, 5.41) is 4.76. The van der Waals surface area contributed by atoms with E-state index < -0.39 is 0 Å². The van der Waals surface area contributed by atoms with Gasteiger partial charge in [-0.25, -0.2) is 0 Å². The zero-order chi connectivity index (χ0) is 9.84. The topological polar surface area (TPSA) is 34.9 Å². The van der Waals surface area contributed by atoms with Crippen molar-refractivity contribution >= 4 is 23.4 Å². The highest BCUT2D eigenvalue weighted by atomic mass is 35.5. The quantitative estimate of drug-likeness (QED) is 0.728. The zero-order valence-electron chi connectivity index (χ0n) is 7.58. The molecule has 0 aromatic carbocycles. The molecule has 0 N–H and O–H groups in total. The maximum atomic E-state index is 11.1. The molecule has 0 aliphatic rings. The molecule has 0 unspecified atom stereocenters. The van der Waals surface area contributed by atoms with Gasteiger partial charge in [-0.15, -0.1) is 11.8 Å². The van der Waals surface area contributed by atoms with Crippen molar-refractivity contribution in [3.05, 3.63) is 21.4 Å². The molecular formula is C8H11ClN2OS. The van der Waals surface area contributed by atoms with Gasteiger partial charge in [-0.1, -0.05) is 18.5 Å². The fourth-order valence-corrected chi connectivity index (χ4v) is 1.84. The molecule has 72 valence electrons. The lowest BCUT2D eigenvalue weighted by atomic mass is 10.6. The lowest BCUT2D eigenvalue weighted by molar-refractivity contribution is 0.659. The SMILES string of the molecule is CCCSc1cc(=O)c(Cl)nn1C. The molecule has 0 saturated heterocycles. The minimum Gasteiger partial charge on any atom is -0.286 e. The maximum absolute atomic E-state index is 11.1. The van der Waals surface area contributed by atoms with Crippen LogP contribution in [-0.4, -0.2) is 15.5 Å². The first-order chi connectivity index (χ1) is 6.15. The Morgan fingerprint density at radius 1 is 1.69 bits per heavy atom. The van der Waals surface area contributed by atoms with Crippen molar-refractivity contribution < 1.29 is 0 Å². The van der Waals surface area contributed by atoms with Crippen LogP contribution in [0.4, 0.5) is 0 Å². The number of hydrogen-bond acceptors (Lipinski definition) is 3. The molecule has 0 amide bonds. The lowest BCUT2D eigenvalue weighted by Gasteiger charge is -2.05. The summed E-state index contributed by atoms with van der Waals surface area (Å²) in [6.45, 7) is 2.09. The Balaban J connectivity index is 2.95. The number of halogens is 1. The first kappa shape index (κ1) is 10.6. The standard InChI is InChI=1S/C8H11ClN2OS/c1-3-4-13-7-5-6(12)8(9)10-11(7)2/h5H,3-4H2,1-2H3. The van der Waals surface area contributed by atoms with Crippen LogP contribution in [0.25, 0.3) is 0 Å². The van der Waals surface area contributed by atoms with Gasteiger partial charge < -0.3 is 0 Å². The molecule has 13 heavy (non-hydrogen) atoms. The van der Waals surface area contributed by atoms with E-state index in [2.05, 4.69) is 12.0 Å². The largest absolute Gasteiger partial charge is 0.286 e. The number of aromatic nitrogens is 2. The van der Waals surface area contributed by atoms with Gasteiger partial charge in [0.15, 0.2) is 5.15 Å². The van der Waals surface area contributed by atoms with Crippen molar-refractivity contribution in [2.45, 2.75) is 18.4 Å². The van der Waals surface area contributed by atoms with E-state index in [-0.39, 0.29) is 10.6 Å². The van der Waals surface area contributed by atoms with Crippen molar-refractivity contribution in [1.29, 1.82) is 0 Å². The molecule has 0 atom stereocenters. The van der Waals surface area contributed by atoms with Crippen LogP contribution in [-0.2, 0) is 7.05 Å². The third-order valence-electron chi connectivity index (χ3n) is 1.47. The average molecular weight is 219 g/mol. The van der Waals surface area contributed by atoms with Crippen LogP contribution in [0, 0.1) is 0 Å². The predicted molar refractivity (Wildman–Crippen MR) is 55.5 cm³/mol. The summed E-state index contributed by atoms with van der Waals surface area (Å²) in [6.07, 6.45) is 1.07. The molecule has 1 aromatic heterocycles. The van der Waals surface area contributed by atoms with Crippen LogP contribution in [0.15, 0.2) is 15.9 Å². The van der Waals surface area contributed by atoms with Gasteiger partial charge in [0.2, 0.25) is 5.43 Å². The first-order valence-electron chi connectivity index (χ1n) is 4.01. The van der Waals surface area contributed by atoms with Crippen LogP contribution >= 0.6 is 23.4 Å². The second-order valence-electron chi connectivity index (χ2n) is 2.61. The van der Waals surface area contributed by atoms with Gasteiger partial charge in [0, 0.05) is 13.1 Å². The van der Waals surface area contributed by atoms with E-state index >= 15 is 0 Å². The van der Waals surface area contributed by atoms with Crippen LogP contribution in [0.1, 0.15) is 13.3 Å². The normalized spacial score (nSPS) is 10.4. The summed E-state index contributed by atoms with van der Waals surface area (Å²) in [7, 11) is 1.78. The number of aryl methyl sites for hydroxylation is 1. The first-order valence-corrected chi connectivity index (χ1v) is 5.38. The van der Waals surface area contributed by atoms with Gasteiger partial charge in [0.1, 0.15) is 0 Å². The minimum atomic E-state index is -0.210. The Morgan fingerprint density at radius 3 is 3.00 bits per heavy atom. The second kappa shape index (κ2) is 4.67. The molecule has 0 spiro atoms. The van der Waals surface area contributed by atoms with Crippen LogP contribution in [0.2, 0.25) is 5.15 Å². The molecule has 0 bridgehead atoms. The highest BCUT2D eigenvalue weighted by Gasteiger charge is 2.03. The Hall–Kier alpha value is -0.480. The molecule has 1 heterocycles. The average Bonchev–Trinajstić information content (AvgIpc) is 2.09. The third-order valence-corrected chi connectivity index (χ3v) is 3.02. The highest BCUT2D eigenvalue weighted by molar-refractivity contribution is 7.99. The predicted octanol–water partition coefficient (Wildman–Crippen LogP) is 1.94. The smallest absolute Gasteiger partial charge is 0.220 e. The van der Waals surface area contributed by atoms with Crippen LogP contribution in [0.3, 0.4) is 0 Å². The van der Waals surface area contributed by atoms with Crippen molar-refractivity contribution in [2.75, 3.05) is 5.75 Å². The van der Waals surface area contributed by atoms with E-state index in [9.17, 15) is 4.79 Å². The van der Waals surface area contributed by atoms with E-state index in [1.807, 2.05) is 0 Å². The Morgan fingerprint density at radius 2 is 2.38 bits per heavy atom. The molecule has 1 aromatic rings. The van der Waals surface area contributed by atoms with Gasteiger partial charge >= 0.3 is 0 Å². The molecule has 0 aliphatic heterocycles. The summed E-state index contributed by atoms with van der Waals surface area (Å²) in [5.41, 5.74) is -0.210. The summed E-state index contributed by atoms with van der Waals surface area (Å²) < 4.78 is 1.63. The van der Waals surface area contributed by atoms with E-state index in [1.54, 1.807) is 23.5 Å². The number of rotatable bonds is 3. The van der Waals surface area contributed by atoms with Crippen molar-refractivity contribution in [2.24, 2.45) is 7.05 Å². The van der Waals surface area contributed by atoms with Crippen molar-refractivity contribution in [3.8, 4) is 0 Å². The Bertz CT molecular complexity index is 350. The molecule has 0 aliphatic carbocycles. The molecule has 0 radical (unpaired) electrons. The number of nitrogens with zero attached hydrogens (tertiary/aromatic N) is 2. The minimum absolute atomic E-state index is 0.0309. The van der Waals surface area contributed by atoms with E-state index in [0.717, 1.165) is 17.2 Å². The summed E-state index contributed by atoms with van der Waals surface area (Å²) in [4.78, 5) is 11.1. The van der Waals surface area contributed by atoms with Gasteiger partial charge in [-0.3, -0.25) is 9.48 Å². The Labute approximate surface area is 86.1 Å². The van der Waals surface area contributed by atoms with Gasteiger partial charge in [0.25, 0.3) is 0 Å². The lowest BCUT2D eigenvalue weighted by Crippen LogP contribution is -2.11. The van der Waals surface area contributed by atoms with Crippen molar-refractivity contribution in [1.82, 2.24) is 9.78 Å². The number of thioether (sulfide) groups is 1. The second-order valence-corrected chi connectivity index (χ2v) is 4.08. The molecule has 0 saturated carbocycles. The van der Waals surface area contributed by atoms with Gasteiger partial charge in [0.05, 0.1) is 5.03 Å². The van der Waals surface area contributed by atoms with Gasteiger partial charge in [-0.05, 0) is 12.2 Å². The van der Waals surface area contributed by atoms with Crippen molar-refractivity contribution in [3.63, 3.8) is 0 Å². The monoisotopic (exact) mass is 218 g/mol. The maximum Gasteiger partial charge on any atom is 0.220 e.